The van der Waals surface area contributed by atoms with Crippen molar-refractivity contribution in [3.63, 3.8) is 0 Å². The average molecular weight is 346 g/mol. The van der Waals surface area contributed by atoms with Crippen LogP contribution in [0.2, 0.25) is 0 Å². The molecule has 0 radical (unpaired) electrons. The first kappa shape index (κ1) is 17.4. The first-order valence-electron chi connectivity index (χ1n) is 8.29. The molecule has 2 aromatic rings. The Bertz CT molecular complexity index is 760. The summed E-state index contributed by atoms with van der Waals surface area (Å²) < 4.78 is 26.5. The van der Waals surface area contributed by atoms with Gasteiger partial charge in [0.25, 0.3) is 0 Å². The maximum Gasteiger partial charge on any atom is 0.181 e. The van der Waals surface area contributed by atoms with Gasteiger partial charge in [-0.25, -0.2) is 8.78 Å². The molecule has 0 aromatic heterocycles. The molecule has 0 saturated heterocycles. The molecule has 1 heterocycles. The Morgan fingerprint density at radius 1 is 1.16 bits per heavy atom. The minimum absolute atomic E-state index is 0.0352. The van der Waals surface area contributed by atoms with Gasteiger partial charge in [0.15, 0.2) is 6.10 Å². The van der Waals surface area contributed by atoms with E-state index in [0.717, 1.165) is 29.4 Å². The molecule has 2 N–H and O–H groups in total. The molecule has 0 amide bonds. The molecule has 1 aliphatic rings. The summed E-state index contributed by atoms with van der Waals surface area (Å²) in [5.74, 6) is -1.07. The minimum Gasteiger partial charge on any atom is -0.386 e. The Morgan fingerprint density at radius 3 is 2.60 bits per heavy atom. The highest BCUT2D eigenvalue weighted by Crippen LogP contribution is 2.19. The SMILES string of the molecule is CN(C)c1ccc(C2=NO[C@H](C[NH2+]Cc3ccc(F)cc3F)C2)cc1. The fraction of sp³-hybridized carbons (Fsp3) is 0.316. The lowest BCUT2D eigenvalue weighted by Crippen LogP contribution is -2.84. The van der Waals surface area contributed by atoms with Gasteiger partial charge < -0.3 is 15.1 Å². The Hall–Kier alpha value is -2.47. The lowest BCUT2D eigenvalue weighted by atomic mass is 10.0. The fourth-order valence-corrected chi connectivity index (χ4v) is 2.79. The van der Waals surface area contributed by atoms with Crippen LogP contribution >= 0.6 is 0 Å². The Morgan fingerprint density at radius 2 is 1.92 bits per heavy atom. The summed E-state index contributed by atoms with van der Waals surface area (Å²) in [6.45, 7) is 1.11. The lowest BCUT2D eigenvalue weighted by Gasteiger charge is -2.12. The molecule has 1 atom stereocenters. The summed E-state index contributed by atoms with van der Waals surface area (Å²) in [4.78, 5) is 7.52. The van der Waals surface area contributed by atoms with Crippen molar-refractivity contribution in [3.8, 4) is 0 Å². The summed E-state index contributed by atoms with van der Waals surface area (Å²) in [6.07, 6.45) is 0.691. The highest BCUT2D eigenvalue weighted by atomic mass is 19.1. The largest absolute Gasteiger partial charge is 0.386 e. The number of oxime groups is 1. The van der Waals surface area contributed by atoms with E-state index in [1.165, 1.54) is 12.1 Å². The van der Waals surface area contributed by atoms with E-state index in [1.807, 2.05) is 36.4 Å². The molecule has 2 aromatic carbocycles. The third-order valence-electron chi connectivity index (χ3n) is 4.26. The van der Waals surface area contributed by atoms with Gasteiger partial charge in [-0.1, -0.05) is 17.3 Å². The first-order chi connectivity index (χ1) is 12.0. The van der Waals surface area contributed by atoms with Crippen molar-refractivity contribution in [1.82, 2.24) is 0 Å². The van der Waals surface area contributed by atoms with E-state index in [0.29, 0.717) is 18.7 Å². The summed E-state index contributed by atoms with van der Waals surface area (Å²) in [5.41, 5.74) is 3.60. The third kappa shape index (κ3) is 4.33. The molecule has 6 heteroatoms. The zero-order valence-electron chi connectivity index (χ0n) is 14.4. The van der Waals surface area contributed by atoms with E-state index in [2.05, 4.69) is 17.3 Å². The van der Waals surface area contributed by atoms with E-state index in [9.17, 15) is 8.78 Å². The normalized spacial score (nSPS) is 16.5. The molecule has 0 bridgehead atoms. The molecular formula is C19H22F2N3O+. The Balaban J connectivity index is 1.49. The summed E-state index contributed by atoms with van der Waals surface area (Å²) in [6, 6.07) is 11.8. The maximum atomic E-state index is 13.6. The number of hydrogen-bond acceptors (Lipinski definition) is 3. The molecule has 4 nitrogen and oxygen atoms in total. The summed E-state index contributed by atoms with van der Waals surface area (Å²) in [5, 5.41) is 6.13. The van der Waals surface area contributed by atoms with Crippen LogP contribution in [0.4, 0.5) is 14.5 Å². The van der Waals surface area contributed by atoms with Crippen molar-refractivity contribution in [1.29, 1.82) is 0 Å². The van der Waals surface area contributed by atoms with Gasteiger partial charge in [0.1, 0.15) is 24.7 Å². The van der Waals surface area contributed by atoms with E-state index in [4.69, 9.17) is 4.84 Å². The fourth-order valence-electron chi connectivity index (χ4n) is 2.79. The Labute approximate surface area is 146 Å². The van der Waals surface area contributed by atoms with Crippen molar-refractivity contribution >= 4 is 11.4 Å². The standard InChI is InChI=1S/C19H21F2N3O/c1-24(2)16-7-4-13(5-8-16)19-10-17(25-23-19)12-22-11-14-3-6-15(20)9-18(14)21/h3-9,17,22H,10-12H2,1-2H3/p+1/t17-/m0/s1. The predicted molar refractivity (Wildman–Crippen MR) is 93.7 cm³/mol. The second kappa shape index (κ2) is 7.61. The van der Waals surface area contributed by atoms with Crippen molar-refractivity contribution in [2.24, 2.45) is 5.16 Å². The smallest absolute Gasteiger partial charge is 0.181 e. The second-order valence-corrected chi connectivity index (χ2v) is 6.38. The number of anilines is 1. The van der Waals surface area contributed by atoms with Crippen molar-refractivity contribution in [2.45, 2.75) is 19.1 Å². The van der Waals surface area contributed by atoms with Crippen LogP contribution in [0.25, 0.3) is 0 Å². The van der Waals surface area contributed by atoms with Gasteiger partial charge in [-0.3, -0.25) is 0 Å². The van der Waals surface area contributed by atoms with Gasteiger partial charge >= 0.3 is 0 Å². The van der Waals surface area contributed by atoms with Crippen LogP contribution in [0.3, 0.4) is 0 Å². The average Bonchev–Trinajstić information content (AvgIpc) is 3.06. The maximum absolute atomic E-state index is 13.6. The van der Waals surface area contributed by atoms with Gasteiger partial charge in [-0.05, 0) is 29.8 Å². The van der Waals surface area contributed by atoms with Crippen LogP contribution in [-0.2, 0) is 11.4 Å². The van der Waals surface area contributed by atoms with Gasteiger partial charge in [0.2, 0.25) is 0 Å². The van der Waals surface area contributed by atoms with Crippen LogP contribution in [0.5, 0.6) is 0 Å². The molecular weight excluding hydrogens is 324 g/mol. The quantitative estimate of drug-likeness (QED) is 0.872. The summed E-state index contributed by atoms with van der Waals surface area (Å²) >= 11 is 0. The highest BCUT2D eigenvalue weighted by molar-refractivity contribution is 6.01. The number of quaternary nitrogens is 1. The van der Waals surface area contributed by atoms with Crippen LogP contribution in [-0.4, -0.2) is 32.5 Å². The number of benzene rings is 2. The van der Waals surface area contributed by atoms with E-state index in [1.54, 1.807) is 0 Å². The van der Waals surface area contributed by atoms with Crippen molar-refractivity contribution in [2.75, 3.05) is 25.5 Å². The summed E-state index contributed by atoms with van der Waals surface area (Å²) in [7, 11) is 4.00. The molecule has 0 unspecified atom stereocenters. The molecule has 0 spiro atoms. The third-order valence-corrected chi connectivity index (χ3v) is 4.26. The molecule has 0 fully saturated rings. The number of rotatable bonds is 6. The topological polar surface area (TPSA) is 41.4 Å². The van der Waals surface area contributed by atoms with Gasteiger partial charge in [-0.15, -0.1) is 0 Å². The number of halogens is 2. The molecule has 3 rings (SSSR count). The van der Waals surface area contributed by atoms with Crippen molar-refractivity contribution < 1.29 is 18.9 Å². The van der Waals surface area contributed by atoms with Gasteiger partial charge in [0.05, 0.1) is 5.71 Å². The highest BCUT2D eigenvalue weighted by Gasteiger charge is 2.23. The van der Waals surface area contributed by atoms with Crippen LogP contribution < -0.4 is 10.2 Å². The Kier molecular flexibility index (Phi) is 5.28. The van der Waals surface area contributed by atoms with E-state index < -0.39 is 11.6 Å². The number of nitrogens with zero attached hydrogens (tertiary/aromatic N) is 2. The first-order valence-corrected chi connectivity index (χ1v) is 8.29. The molecule has 1 aliphatic heterocycles. The number of nitrogens with two attached hydrogens (primary N) is 1. The van der Waals surface area contributed by atoms with Crippen LogP contribution in [0.1, 0.15) is 17.5 Å². The minimum atomic E-state index is -0.557. The second-order valence-electron chi connectivity index (χ2n) is 6.38. The molecule has 0 saturated carbocycles. The van der Waals surface area contributed by atoms with E-state index >= 15 is 0 Å². The van der Waals surface area contributed by atoms with Gasteiger partial charge in [0, 0.05) is 37.8 Å². The zero-order chi connectivity index (χ0) is 17.8. The molecule has 0 aliphatic carbocycles. The zero-order valence-corrected chi connectivity index (χ0v) is 14.4. The van der Waals surface area contributed by atoms with E-state index in [-0.39, 0.29) is 6.10 Å². The molecule has 25 heavy (non-hydrogen) atoms. The monoisotopic (exact) mass is 346 g/mol. The van der Waals surface area contributed by atoms with Crippen LogP contribution in [0, 0.1) is 11.6 Å². The van der Waals surface area contributed by atoms with Crippen molar-refractivity contribution in [3.05, 3.63) is 65.2 Å². The van der Waals surface area contributed by atoms with Crippen LogP contribution in [0.15, 0.2) is 47.6 Å². The van der Waals surface area contributed by atoms with Gasteiger partial charge in [-0.2, -0.15) is 0 Å². The lowest BCUT2D eigenvalue weighted by molar-refractivity contribution is -0.676. The molecule has 132 valence electrons. The number of hydrogen-bond donors (Lipinski definition) is 1. The predicted octanol–water partition coefficient (Wildman–Crippen LogP) is 2.29.